The van der Waals surface area contributed by atoms with Crippen LogP contribution in [0.1, 0.15) is 38.5 Å². The van der Waals surface area contributed by atoms with Crippen LogP contribution >= 0.6 is 0 Å². The molecule has 2 unspecified atom stereocenters. The second-order valence-corrected chi connectivity index (χ2v) is 9.73. The molecular weight excluding hydrogens is 814 g/mol. The fourth-order valence-electron chi connectivity index (χ4n) is 4.35. The summed E-state index contributed by atoms with van der Waals surface area (Å²) in [7, 11) is 6.30. The van der Waals surface area contributed by atoms with Crippen molar-refractivity contribution in [2.45, 2.75) is 61.7 Å². The highest BCUT2D eigenvalue weighted by molar-refractivity contribution is 5.06. The van der Waals surface area contributed by atoms with Crippen LogP contribution < -0.4 is 0 Å². The molecule has 0 fully saturated rings. The van der Waals surface area contributed by atoms with E-state index in [0.29, 0.717) is 0 Å². The Morgan fingerprint density at radius 2 is 0.786 bits per heavy atom. The van der Waals surface area contributed by atoms with Crippen molar-refractivity contribution >= 4 is 0 Å². The van der Waals surface area contributed by atoms with Gasteiger partial charge in [0, 0.05) is 38.5 Å². The van der Waals surface area contributed by atoms with Crippen molar-refractivity contribution in [3.05, 3.63) is 12.1 Å². The van der Waals surface area contributed by atoms with Gasteiger partial charge in [-0.1, -0.05) is 35.3 Å². The minimum absolute atomic E-state index is 0.290. The van der Waals surface area contributed by atoms with Crippen molar-refractivity contribution in [2.75, 3.05) is 88.9 Å². The Morgan fingerprint density at radius 3 is 1.23 bits per heavy atom. The summed E-state index contributed by atoms with van der Waals surface area (Å²) in [5.41, 5.74) is -7.64. The molecule has 0 heterocycles. The molecule has 0 saturated carbocycles. The van der Waals surface area contributed by atoms with Gasteiger partial charge in [-0.25, -0.2) is 63.5 Å². The molecule has 0 bridgehead atoms. The summed E-state index contributed by atoms with van der Waals surface area (Å²) in [5.74, 6) is 0. The summed E-state index contributed by atoms with van der Waals surface area (Å²) in [6.07, 6.45) is -13.1. The Balaban J connectivity index is 7.77. The van der Waals surface area contributed by atoms with Crippen LogP contribution in [0.25, 0.3) is 0 Å². The lowest BCUT2D eigenvalue weighted by Gasteiger charge is -2.49. The second-order valence-electron chi connectivity index (χ2n) is 9.73. The molecule has 0 aliphatic rings. The van der Waals surface area contributed by atoms with Gasteiger partial charge in [-0.2, -0.15) is 27.8 Å². The van der Waals surface area contributed by atoms with Crippen molar-refractivity contribution in [3.63, 3.8) is 0 Å². The molecule has 0 aromatic rings. The molecule has 0 rings (SSSR count). The SMILES string of the molecule is COOOCCOOCCC(CCOOOC)(OOC(F)=C(F)F)C(CCOOOC)(CC(CCOOOC)(CCOOOC)OOOC)OOOC(F)(F)F. The van der Waals surface area contributed by atoms with E-state index in [0.717, 1.165) is 42.7 Å². The number of halogens is 6. The first-order chi connectivity index (χ1) is 26.9. The molecule has 0 saturated heterocycles. The Bertz CT molecular complexity index is 946. The Hall–Kier alpha value is -1.84. The molecular formula is C25H44F6O25. The molecule has 0 amide bonds. The summed E-state index contributed by atoms with van der Waals surface area (Å²) in [4.78, 5) is 84.4. The normalized spacial score (nSPS) is 14.5. The predicted octanol–water partition coefficient (Wildman–Crippen LogP) is 3.93. The van der Waals surface area contributed by atoms with Crippen LogP contribution in [-0.2, 0) is 123 Å². The molecule has 0 aromatic heterocycles. The summed E-state index contributed by atoms with van der Waals surface area (Å²) < 4.78 is 81.1. The quantitative estimate of drug-likeness (QED) is 0.0279. The minimum atomic E-state index is -5.56. The summed E-state index contributed by atoms with van der Waals surface area (Å²) in [6, 6.07) is -2.63. The molecule has 2 atom stereocenters. The van der Waals surface area contributed by atoms with Crippen LogP contribution in [0, 0.1) is 0 Å². The lowest BCUT2D eigenvalue weighted by Crippen LogP contribution is -2.63. The Labute approximate surface area is 313 Å². The van der Waals surface area contributed by atoms with Crippen LogP contribution in [0.15, 0.2) is 12.1 Å². The van der Waals surface area contributed by atoms with E-state index in [1.807, 2.05) is 0 Å². The summed E-state index contributed by atoms with van der Waals surface area (Å²) in [5, 5.41) is 30.8. The lowest BCUT2D eigenvalue weighted by molar-refractivity contribution is -0.636. The second kappa shape index (κ2) is 33.0. The average molecular weight is 859 g/mol. The van der Waals surface area contributed by atoms with Crippen LogP contribution in [-0.4, -0.2) is 112 Å². The van der Waals surface area contributed by atoms with Crippen molar-refractivity contribution in [2.24, 2.45) is 0 Å². The van der Waals surface area contributed by atoms with E-state index in [1.165, 1.54) is 0 Å². The van der Waals surface area contributed by atoms with Gasteiger partial charge < -0.3 is 0 Å². The zero-order chi connectivity index (χ0) is 42.0. The number of hydrogen-bond acceptors (Lipinski definition) is 25. The molecule has 0 aliphatic carbocycles. The van der Waals surface area contributed by atoms with Gasteiger partial charge in [0.2, 0.25) is 0 Å². The first-order valence-electron chi connectivity index (χ1n) is 15.3. The molecule has 31 heteroatoms. The average Bonchev–Trinajstić information content (AvgIpc) is 3.16. The maximum atomic E-state index is 14.4. The van der Waals surface area contributed by atoms with Crippen molar-refractivity contribution in [3.8, 4) is 0 Å². The maximum absolute atomic E-state index is 14.4. The van der Waals surface area contributed by atoms with Crippen molar-refractivity contribution in [1.82, 2.24) is 0 Å². The van der Waals surface area contributed by atoms with Gasteiger partial charge in [0.05, 0.1) is 75.7 Å². The third-order valence-electron chi connectivity index (χ3n) is 6.43. The molecule has 336 valence electrons. The molecule has 0 aromatic carbocycles. The molecule has 0 N–H and O–H groups in total. The first-order valence-corrected chi connectivity index (χ1v) is 15.3. The highest BCUT2D eigenvalue weighted by atomic mass is 19.4. The van der Waals surface area contributed by atoms with Crippen molar-refractivity contribution < 1.29 is 150 Å². The topological polar surface area (TPSA) is 231 Å². The fraction of sp³-hybridized carbons (Fsp3) is 0.920. The summed E-state index contributed by atoms with van der Waals surface area (Å²) in [6.45, 7) is -3.96. The van der Waals surface area contributed by atoms with E-state index in [4.69, 9.17) is 49.0 Å². The van der Waals surface area contributed by atoms with Gasteiger partial charge in [-0.15, -0.1) is 18.1 Å². The standard InChI is InChI=1S/C25H44F6O25/c1-32-50-40-12-7-22(46-55-37-6,8-13-41-51-33-2)19-24(11-16-43-53-35-4,48-56-49-25(29,30)31)23(10-15-42-52-34-3,47-45-21(28)20(26)27)9-14-38-39-17-18-44-54-36-5/h7-19H2,1-6H3. The highest BCUT2D eigenvalue weighted by Crippen LogP contribution is 2.48. The lowest BCUT2D eigenvalue weighted by atomic mass is 9.69. The van der Waals surface area contributed by atoms with Crippen LogP contribution in [0.2, 0.25) is 0 Å². The van der Waals surface area contributed by atoms with E-state index < -0.39 is 107 Å². The van der Waals surface area contributed by atoms with Crippen LogP contribution in [0.4, 0.5) is 26.3 Å². The minimum Gasteiger partial charge on any atom is -0.300 e. The predicted molar refractivity (Wildman–Crippen MR) is 149 cm³/mol. The molecule has 0 spiro atoms. The van der Waals surface area contributed by atoms with Gasteiger partial charge >= 0.3 is 18.5 Å². The third kappa shape index (κ3) is 24.2. The van der Waals surface area contributed by atoms with E-state index >= 15 is 0 Å². The monoisotopic (exact) mass is 858 g/mol. The van der Waals surface area contributed by atoms with Crippen molar-refractivity contribution in [1.29, 1.82) is 0 Å². The zero-order valence-electron chi connectivity index (χ0n) is 30.7. The number of alkyl halides is 3. The molecule has 56 heavy (non-hydrogen) atoms. The largest absolute Gasteiger partial charge is 0.551 e. The van der Waals surface area contributed by atoms with Gasteiger partial charge in [0.25, 0.3) is 0 Å². The molecule has 0 radical (unpaired) electrons. The Kier molecular flexibility index (Phi) is 32.0. The molecule has 25 nitrogen and oxygen atoms in total. The zero-order valence-corrected chi connectivity index (χ0v) is 30.7. The van der Waals surface area contributed by atoms with Crippen LogP contribution in [0.5, 0.6) is 0 Å². The third-order valence-corrected chi connectivity index (χ3v) is 6.43. The van der Waals surface area contributed by atoms with E-state index in [9.17, 15) is 26.3 Å². The number of rotatable bonds is 41. The van der Waals surface area contributed by atoms with E-state index in [2.05, 4.69) is 74.2 Å². The number of hydrogen-bond donors (Lipinski definition) is 0. The van der Waals surface area contributed by atoms with E-state index in [1.54, 1.807) is 0 Å². The van der Waals surface area contributed by atoms with Gasteiger partial charge in [-0.3, -0.25) is 4.89 Å². The Morgan fingerprint density at radius 1 is 0.393 bits per heavy atom. The first kappa shape index (κ1) is 54.2. The summed E-state index contributed by atoms with van der Waals surface area (Å²) >= 11 is 0. The maximum Gasteiger partial charge on any atom is 0.551 e. The van der Waals surface area contributed by atoms with Gasteiger partial charge in [0.1, 0.15) is 24.4 Å². The van der Waals surface area contributed by atoms with E-state index in [-0.39, 0.29) is 13.2 Å². The molecule has 0 aliphatic heterocycles. The highest BCUT2D eigenvalue weighted by Gasteiger charge is 2.61. The van der Waals surface area contributed by atoms with Gasteiger partial charge in [0.15, 0.2) is 5.60 Å². The van der Waals surface area contributed by atoms with Gasteiger partial charge in [-0.05, 0) is 0 Å². The smallest absolute Gasteiger partial charge is 0.300 e. The fourth-order valence-corrected chi connectivity index (χ4v) is 4.35. The van der Waals surface area contributed by atoms with Crippen LogP contribution in [0.3, 0.4) is 0 Å².